The number of amides is 3. The van der Waals surface area contributed by atoms with Gasteiger partial charge < -0.3 is 25.7 Å². The van der Waals surface area contributed by atoms with E-state index in [2.05, 4.69) is 0 Å². The van der Waals surface area contributed by atoms with E-state index < -0.39 is 31.0 Å². The number of nitrogens with zero attached hydrogens (tertiary/aromatic N) is 3. The normalized spacial score (nSPS) is 15.9. The highest BCUT2D eigenvalue weighted by Crippen LogP contribution is 2.05. The minimum absolute atomic E-state index is 0.0563. The highest BCUT2D eigenvalue weighted by molar-refractivity contribution is 5.86. The van der Waals surface area contributed by atoms with E-state index in [-0.39, 0.29) is 6.61 Å². The Morgan fingerprint density at radius 2 is 1.70 bits per heavy atom. The molecule has 1 heterocycles. The van der Waals surface area contributed by atoms with Crippen molar-refractivity contribution in [2.75, 3.05) is 52.4 Å². The van der Waals surface area contributed by atoms with Crippen molar-refractivity contribution in [1.82, 2.24) is 14.7 Å². The Balaban J connectivity index is 2.57. The molecular formula is C11H20N4O5. The molecule has 114 valence electrons. The van der Waals surface area contributed by atoms with E-state index in [1.807, 2.05) is 4.90 Å². The Labute approximate surface area is 116 Å². The average molecular weight is 288 g/mol. The first-order chi connectivity index (χ1) is 9.43. The number of primary amides is 1. The van der Waals surface area contributed by atoms with Gasteiger partial charge in [0, 0.05) is 32.7 Å². The van der Waals surface area contributed by atoms with Crippen molar-refractivity contribution in [3.63, 3.8) is 0 Å². The fourth-order valence-electron chi connectivity index (χ4n) is 2.05. The third kappa shape index (κ3) is 5.02. The largest absolute Gasteiger partial charge is 0.480 e. The lowest BCUT2D eigenvalue weighted by atomic mass is 10.3. The number of piperazine rings is 1. The number of aliphatic hydroxyl groups is 1. The van der Waals surface area contributed by atoms with Crippen LogP contribution in [0.4, 0.5) is 4.79 Å². The number of nitrogens with two attached hydrogens (primary N) is 1. The van der Waals surface area contributed by atoms with Crippen LogP contribution in [-0.2, 0) is 9.59 Å². The van der Waals surface area contributed by atoms with Crippen molar-refractivity contribution < 1.29 is 24.6 Å². The monoisotopic (exact) mass is 288 g/mol. The summed E-state index contributed by atoms with van der Waals surface area (Å²) in [5.41, 5.74) is 5.02. The Morgan fingerprint density at radius 1 is 1.10 bits per heavy atom. The van der Waals surface area contributed by atoms with Crippen LogP contribution in [-0.4, -0.2) is 95.2 Å². The van der Waals surface area contributed by atoms with Crippen LogP contribution in [0.25, 0.3) is 0 Å². The van der Waals surface area contributed by atoms with Crippen molar-refractivity contribution in [2.24, 2.45) is 5.73 Å². The number of hydrogen-bond acceptors (Lipinski definition) is 5. The second-order valence-electron chi connectivity index (χ2n) is 4.55. The second-order valence-corrected chi connectivity index (χ2v) is 4.55. The van der Waals surface area contributed by atoms with Crippen LogP contribution >= 0.6 is 0 Å². The van der Waals surface area contributed by atoms with E-state index in [9.17, 15) is 14.4 Å². The number of rotatable bonds is 6. The smallest absolute Gasteiger partial charge is 0.323 e. The summed E-state index contributed by atoms with van der Waals surface area (Å²) in [4.78, 5) is 38.2. The highest BCUT2D eigenvalue weighted by Gasteiger charge is 2.27. The van der Waals surface area contributed by atoms with Gasteiger partial charge in [-0.05, 0) is 0 Å². The molecule has 1 rings (SSSR count). The molecule has 1 aliphatic heterocycles. The maximum atomic E-state index is 12.1. The van der Waals surface area contributed by atoms with Crippen molar-refractivity contribution in [3.8, 4) is 0 Å². The molecule has 0 spiro atoms. The van der Waals surface area contributed by atoms with Gasteiger partial charge >= 0.3 is 12.0 Å². The first-order valence-corrected chi connectivity index (χ1v) is 6.31. The van der Waals surface area contributed by atoms with Crippen LogP contribution in [0.15, 0.2) is 0 Å². The molecule has 0 aromatic carbocycles. The van der Waals surface area contributed by atoms with E-state index >= 15 is 0 Å². The number of aliphatic carboxylic acids is 1. The predicted octanol–water partition coefficient (Wildman–Crippen LogP) is -2.41. The summed E-state index contributed by atoms with van der Waals surface area (Å²) >= 11 is 0. The molecule has 0 aliphatic carbocycles. The van der Waals surface area contributed by atoms with Gasteiger partial charge in [-0.2, -0.15) is 0 Å². The van der Waals surface area contributed by atoms with Gasteiger partial charge in [0.1, 0.15) is 13.1 Å². The van der Waals surface area contributed by atoms with Crippen LogP contribution in [0.2, 0.25) is 0 Å². The molecule has 0 bridgehead atoms. The zero-order valence-corrected chi connectivity index (χ0v) is 11.2. The summed E-state index contributed by atoms with van der Waals surface area (Å²) < 4.78 is 0. The van der Waals surface area contributed by atoms with Crippen LogP contribution in [0.1, 0.15) is 0 Å². The van der Waals surface area contributed by atoms with Gasteiger partial charge in [0.2, 0.25) is 5.91 Å². The molecule has 3 amide bonds. The van der Waals surface area contributed by atoms with Gasteiger partial charge in [0.25, 0.3) is 0 Å². The third-order valence-electron chi connectivity index (χ3n) is 3.00. The number of carboxylic acids is 1. The molecule has 0 saturated carbocycles. The van der Waals surface area contributed by atoms with Crippen molar-refractivity contribution in [1.29, 1.82) is 0 Å². The standard InChI is InChI=1S/C11H20N4O5/c12-9(17)7-15(8-10(18)19)11(20)14-3-1-13(2-4-14)5-6-16/h16H,1-8H2,(H2,12,17)(H,18,19). The van der Waals surface area contributed by atoms with Gasteiger partial charge in [0.05, 0.1) is 6.61 Å². The molecule has 1 aliphatic rings. The molecule has 0 aromatic heterocycles. The van der Waals surface area contributed by atoms with Crippen LogP contribution < -0.4 is 5.73 Å². The maximum absolute atomic E-state index is 12.1. The minimum atomic E-state index is -1.20. The molecule has 1 saturated heterocycles. The first-order valence-electron chi connectivity index (χ1n) is 6.31. The van der Waals surface area contributed by atoms with E-state index in [0.717, 1.165) is 4.90 Å². The minimum Gasteiger partial charge on any atom is -0.480 e. The summed E-state index contributed by atoms with van der Waals surface area (Å²) in [6.45, 7) is 1.68. The maximum Gasteiger partial charge on any atom is 0.323 e. The van der Waals surface area contributed by atoms with Crippen molar-refractivity contribution in [3.05, 3.63) is 0 Å². The van der Waals surface area contributed by atoms with E-state index in [4.69, 9.17) is 15.9 Å². The molecule has 0 unspecified atom stereocenters. The number of urea groups is 1. The summed E-state index contributed by atoms with van der Waals surface area (Å²) in [5, 5.41) is 17.6. The summed E-state index contributed by atoms with van der Waals surface area (Å²) in [5.74, 6) is -1.95. The van der Waals surface area contributed by atoms with Gasteiger partial charge in [0.15, 0.2) is 0 Å². The number of hydrogen-bond donors (Lipinski definition) is 3. The van der Waals surface area contributed by atoms with E-state index in [1.54, 1.807) is 0 Å². The molecule has 9 heteroatoms. The number of carboxylic acid groups (broad SMARTS) is 1. The van der Waals surface area contributed by atoms with Crippen molar-refractivity contribution >= 4 is 17.9 Å². The lowest BCUT2D eigenvalue weighted by molar-refractivity contribution is -0.138. The molecule has 20 heavy (non-hydrogen) atoms. The fourth-order valence-corrected chi connectivity index (χ4v) is 2.05. The Morgan fingerprint density at radius 3 is 2.15 bits per heavy atom. The van der Waals surface area contributed by atoms with Crippen LogP contribution in [0.3, 0.4) is 0 Å². The second kappa shape index (κ2) is 7.65. The fraction of sp³-hybridized carbons (Fsp3) is 0.727. The molecule has 4 N–H and O–H groups in total. The summed E-state index contributed by atoms with van der Waals surface area (Å²) in [6, 6.07) is -0.505. The molecule has 9 nitrogen and oxygen atoms in total. The van der Waals surface area contributed by atoms with E-state index in [0.29, 0.717) is 32.7 Å². The molecule has 1 fully saturated rings. The Bertz CT molecular complexity index is 352. The Kier molecular flexibility index (Phi) is 6.19. The third-order valence-corrected chi connectivity index (χ3v) is 3.00. The van der Waals surface area contributed by atoms with Crippen LogP contribution in [0, 0.1) is 0 Å². The highest BCUT2D eigenvalue weighted by atomic mass is 16.4. The molecule has 0 radical (unpaired) electrons. The number of carbonyl (C=O) groups excluding carboxylic acids is 2. The summed E-state index contributed by atoms with van der Waals surface area (Å²) in [6.07, 6.45) is 0. The molecular weight excluding hydrogens is 268 g/mol. The van der Waals surface area contributed by atoms with Crippen molar-refractivity contribution in [2.45, 2.75) is 0 Å². The predicted molar refractivity (Wildman–Crippen MR) is 68.9 cm³/mol. The number of β-amino-alcohol motifs (C(OH)–C–C–N with tert-alkyl or cyclic N) is 1. The van der Waals surface area contributed by atoms with Gasteiger partial charge in [-0.25, -0.2) is 4.79 Å². The average Bonchev–Trinajstić information content (AvgIpc) is 2.37. The van der Waals surface area contributed by atoms with Gasteiger partial charge in [-0.1, -0.05) is 0 Å². The lowest BCUT2D eigenvalue weighted by Gasteiger charge is -2.36. The van der Waals surface area contributed by atoms with E-state index in [1.165, 1.54) is 4.90 Å². The summed E-state index contributed by atoms with van der Waals surface area (Å²) in [7, 11) is 0. The number of aliphatic hydroxyl groups excluding tert-OH is 1. The van der Waals surface area contributed by atoms with Crippen LogP contribution in [0.5, 0.6) is 0 Å². The van der Waals surface area contributed by atoms with Gasteiger partial charge in [-0.15, -0.1) is 0 Å². The topological polar surface area (TPSA) is 127 Å². The zero-order chi connectivity index (χ0) is 15.1. The SMILES string of the molecule is NC(=O)CN(CC(=O)O)C(=O)N1CCN(CCO)CC1. The van der Waals surface area contributed by atoms with Gasteiger partial charge in [-0.3, -0.25) is 14.5 Å². The molecule has 0 atom stereocenters. The number of carbonyl (C=O) groups is 3. The quantitative estimate of drug-likeness (QED) is 0.499. The molecule has 0 aromatic rings. The lowest BCUT2D eigenvalue weighted by Crippen LogP contribution is -2.55. The first kappa shape index (κ1) is 16.2. The Hall–Kier alpha value is -1.87. The zero-order valence-electron chi connectivity index (χ0n) is 11.2.